The molecule has 1 saturated heterocycles. The molecular weight excluding hydrogens is 356 g/mol. The molecule has 0 aliphatic carbocycles. The number of carbonyl (C=O) groups is 1. The van der Waals surface area contributed by atoms with Crippen molar-refractivity contribution in [3.05, 3.63) is 40.7 Å². The first-order valence-corrected chi connectivity index (χ1v) is 9.02. The van der Waals surface area contributed by atoms with Crippen molar-refractivity contribution in [3.63, 3.8) is 0 Å². The van der Waals surface area contributed by atoms with E-state index in [4.69, 9.17) is 22.1 Å². The highest BCUT2D eigenvalue weighted by Gasteiger charge is 2.33. The molecule has 0 radical (unpaired) electrons. The highest BCUT2D eigenvalue weighted by Crippen LogP contribution is 2.34. The quantitative estimate of drug-likeness (QED) is 0.778. The molecule has 1 atom stereocenters. The molecule has 2 heterocycles. The van der Waals surface area contributed by atoms with Gasteiger partial charge in [0, 0.05) is 18.1 Å². The van der Waals surface area contributed by atoms with Crippen molar-refractivity contribution in [2.45, 2.75) is 25.4 Å². The number of methoxy groups -OCH3 is 1. The van der Waals surface area contributed by atoms with Gasteiger partial charge in [0.05, 0.1) is 19.2 Å². The normalized spacial score (nSPS) is 17.3. The monoisotopic (exact) mass is 378 g/mol. The largest absolute Gasteiger partial charge is 0.383 e. The van der Waals surface area contributed by atoms with Gasteiger partial charge in [-0.1, -0.05) is 29.8 Å². The average molecular weight is 379 g/mol. The maximum absolute atomic E-state index is 11.5. The average Bonchev–Trinajstić information content (AvgIpc) is 3.10. The molecule has 0 saturated carbocycles. The van der Waals surface area contributed by atoms with E-state index < -0.39 is 0 Å². The van der Waals surface area contributed by atoms with E-state index in [0.717, 1.165) is 31.5 Å². The molecule has 3 rings (SSSR count). The lowest BCUT2D eigenvalue weighted by Crippen LogP contribution is -2.41. The smallest absolute Gasteiger partial charge is 0.220 e. The fourth-order valence-corrected chi connectivity index (χ4v) is 3.62. The number of benzene rings is 1. The molecule has 9 heteroatoms. The fourth-order valence-electron chi connectivity index (χ4n) is 3.38. The van der Waals surface area contributed by atoms with Gasteiger partial charge in [0.1, 0.15) is 0 Å². The van der Waals surface area contributed by atoms with E-state index in [1.54, 1.807) is 11.8 Å². The molecule has 1 amide bonds. The minimum absolute atomic E-state index is 0.0809. The van der Waals surface area contributed by atoms with Crippen LogP contribution in [0, 0.1) is 5.92 Å². The van der Waals surface area contributed by atoms with Gasteiger partial charge in [0.15, 0.2) is 5.82 Å². The van der Waals surface area contributed by atoms with Crippen molar-refractivity contribution in [1.82, 2.24) is 25.1 Å². The van der Waals surface area contributed by atoms with Crippen molar-refractivity contribution in [3.8, 4) is 0 Å². The van der Waals surface area contributed by atoms with E-state index in [2.05, 4.69) is 20.4 Å². The Hall–Kier alpha value is -2.03. The van der Waals surface area contributed by atoms with E-state index >= 15 is 0 Å². The van der Waals surface area contributed by atoms with E-state index in [0.29, 0.717) is 24.0 Å². The molecule has 140 valence electrons. The van der Waals surface area contributed by atoms with Crippen LogP contribution in [0.4, 0.5) is 0 Å². The van der Waals surface area contributed by atoms with Gasteiger partial charge < -0.3 is 10.5 Å². The Balaban J connectivity index is 1.92. The first-order chi connectivity index (χ1) is 12.6. The third-order valence-corrected chi connectivity index (χ3v) is 5.15. The molecule has 2 N–H and O–H groups in total. The number of carbonyl (C=O) groups excluding carboxylic acids is 1. The summed E-state index contributed by atoms with van der Waals surface area (Å²) in [5, 5.41) is 12.9. The zero-order valence-corrected chi connectivity index (χ0v) is 15.5. The van der Waals surface area contributed by atoms with E-state index in [-0.39, 0.29) is 17.9 Å². The van der Waals surface area contributed by atoms with Gasteiger partial charge in [-0.15, -0.1) is 5.10 Å². The summed E-state index contributed by atoms with van der Waals surface area (Å²) in [6.07, 6.45) is 1.44. The van der Waals surface area contributed by atoms with Crippen LogP contribution in [-0.4, -0.2) is 57.8 Å². The Morgan fingerprint density at radius 3 is 2.77 bits per heavy atom. The first-order valence-electron chi connectivity index (χ1n) is 8.64. The number of hydrogen-bond donors (Lipinski definition) is 1. The van der Waals surface area contributed by atoms with Gasteiger partial charge in [-0.05, 0) is 48.0 Å². The number of primary amides is 1. The number of nitrogens with zero attached hydrogens (tertiary/aromatic N) is 5. The number of tetrazole rings is 1. The van der Waals surface area contributed by atoms with Crippen molar-refractivity contribution >= 4 is 17.5 Å². The van der Waals surface area contributed by atoms with Crippen LogP contribution in [0.3, 0.4) is 0 Å². The molecule has 2 aromatic rings. The lowest BCUT2D eigenvalue weighted by molar-refractivity contribution is -0.123. The van der Waals surface area contributed by atoms with Crippen LogP contribution in [0.2, 0.25) is 5.02 Å². The summed E-state index contributed by atoms with van der Waals surface area (Å²) in [7, 11) is 1.64. The Labute approximate surface area is 157 Å². The number of halogens is 1. The Morgan fingerprint density at radius 2 is 2.12 bits per heavy atom. The third-order valence-electron chi connectivity index (χ3n) is 4.81. The summed E-state index contributed by atoms with van der Waals surface area (Å²) < 4.78 is 6.91. The Bertz CT molecular complexity index is 744. The molecular formula is C17H23ClN6O2. The fraction of sp³-hybridized carbons (Fsp3) is 0.529. The van der Waals surface area contributed by atoms with Gasteiger partial charge in [0.2, 0.25) is 5.91 Å². The first kappa shape index (κ1) is 18.8. The molecule has 1 aliphatic rings. The molecule has 1 fully saturated rings. The van der Waals surface area contributed by atoms with Crippen LogP contribution in [0.25, 0.3) is 0 Å². The van der Waals surface area contributed by atoms with E-state index in [1.807, 2.05) is 24.3 Å². The summed E-state index contributed by atoms with van der Waals surface area (Å²) in [6, 6.07) is 7.51. The van der Waals surface area contributed by atoms with Crippen LogP contribution in [0.15, 0.2) is 24.3 Å². The molecule has 1 aromatic carbocycles. The Kier molecular flexibility index (Phi) is 6.18. The summed E-state index contributed by atoms with van der Waals surface area (Å²) in [6.45, 7) is 2.51. The second kappa shape index (κ2) is 8.57. The van der Waals surface area contributed by atoms with Gasteiger partial charge >= 0.3 is 0 Å². The van der Waals surface area contributed by atoms with Gasteiger partial charge in [0.25, 0.3) is 0 Å². The predicted molar refractivity (Wildman–Crippen MR) is 96.5 cm³/mol. The van der Waals surface area contributed by atoms with Gasteiger partial charge in [-0.25, -0.2) is 4.68 Å². The van der Waals surface area contributed by atoms with Crippen LogP contribution < -0.4 is 5.73 Å². The maximum Gasteiger partial charge on any atom is 0.220 e. The number of hydrogen-bond acceptors (Lipinski definition) is 6. The second-order valence-electron chi connectivity index (χ2n) is 6.39. The molecule has 1 aliphatic heterocycles. The zero-order valence-electron chi connectivity index (χ0n) is 14.7. The number of rotatable bonds is 7. The third kappa shape index (κ3) is 4.03. The predicted octanol–water partition coefficient (Wildman–Crippen LogP) is 1.26. The summed E-state index contributed by atoms with van der Waals surface area (Å²) in [4.78, 5) is 13.7. The van der Waals surface area contributed by atoms with Crippen molar-refractivity contribution in [2.75, 3.05) is 26.8 Å². The molecule has 0 spiro atoms. The summed E-state index contributed by atoms with van der Waals surface area (Å²) >= 11 is 6.49. The number of aromatic nitrogens is 4. The van der Waals surface area contributed by atoms with Gasteiger partial charge in [-0.2, -0.15) is 0 Å². The number of nitrogens with two attached hydrogens (primary N) is 1. The van der Waals surface area contributed by atoms with Crippen LogP contribution >= 0.6 is 11.6 Å². The van der Waals surface area contributed by atoms with Crippen molar-refractivity contribution in [2.24, 2.45) is 11.7 Å². The number of amides is 1. The minimum Gasteiger partial charge on any atom is -0.383 e. The molecule has 26 heavy (non-hydrogen) atoms. The standard InChI is InChI=1S/C17H23ClN6O2/c1-26-11-10-24-17(20-21-22-24)15(13-4-2-3-5-14(13)18)23-8-6-12(7-9-23)16(19)25/h2-5,12,15H,6-11H2,1H3,(H2,19,25)/t15-/m0/s1. The van der Waals surface area contributed by atoms with Crippen molar-refractivity contribution in [1.29, 1.82) is 0 Å². The molecule has 1 aromatic heterocycles. The zero-order chi connectivity index (χ0) is 18.5. The number of piperidine rings is 1. The van der Waals surface area contributed by atoms with Crippen LogP contribution in [-0.2, 0) is 16.1 Å². The van der Waals surface area contributed by atoms with Crippen molar-refractivity contribution < 1.29 is 9.53 Å². The minimum atomic E-state index is -0.233. The summed E-state index contributed by atoms with van der Waals surface area (Å²) in [5.41, 5.74) is 6.41. The van der Waals surface area contributed by atoms with Gasteiger partial charge in [-0.3, -0.25) is 9.69 Å². The maximum atomic E-state index is 11.5. The van der Waals surface area contributed by atoms with E-state index in [9.17, 15) is 4.79 Å². The van der Waals surface area contributed by atoms with Crippen LogP contribution in [0.1, 0.15) is 30.3 Å². The molecule has 0 bridgehead atoms. The SMILES string of the molecule is COCCn1nnnc1[C@H](c1ccccc1Cl)N1CCC(C(N)=O)CC1. The Morgan fingerprint density at radius 1 is 1.38 bits per heavy atom. The second-order valence-corrected chi connectivity index (χ2v) is 6.80. The lowest BCUT2D eigenvalue weighted by atomic mass is 9.93. The van der Waals surface area contributed by atoms with Crippen LogP contribution in [0.5, 0.6) is 0 Å². The number of ether oxygens (including phenoxy) is 1. The molecule has 0 unspecified atom stereocenters. The molecule has 8 nitrogen and oxygen atoms in total. The highest BCUT2D eigenvalue weighted by molar-refractivity contribution is 6.31. The highest BCUT2D eigenvalue weighted by atomic mass is 35.5. The topological polar surface area (TPSA) is 99.2 Å². The lowest BCUT2D eigenvalue weighted by Gasteiger charge is -2.36. The summed E-state index contributed by atoms with van der Waals surface area (Å²) in [5.74, 6) is 0.402. The number of likely N-dealkylation sites (tertiary alicyclic amines) is 1. The van der Waals surface area contributed by atoms with E-state index in [1.165, 1.54) is 0 Å².